The van der Waals surface area contributed by atoms with Gasteiger partial charge in [0.1, 0.15) is 5.01 Å². The van der Waals surface area contributed by atoms with Crippen molar-refractivity contribution in [1.82, 2.24) is 10.2 Å². The summed E-state index contributed by atoms with van der Waals surface area (Å²) < 4.78 is 0. The molecule has 0 saturated heterocycles. The van der Waals surface area contributed by atoms with Crippen LogP contribution in [0.3, 0.4) is 0 Å². The molecule has 6 nitrogen and oxygen atoms in total. The van der Waals surface area contributed by atoms with Crippen LogP contribution in [0, 0.1) is 0 Å². The van der Waals surface area contributed by atoms with Gasteiger partial charge in [0.2, 0.25) is 11.0 Å². The summed E-state index contributed by atoms with van der Waals surface area (Å²) in [5.41, 5.74) is 6.97. The van der Waals surface area contributed by atoms with Crippen molar-refractivity contribution in [3.05, 3.63) is 76.3 Å². The molecule has 0 aliphatic carbocycles. The van der Waals surface area contributed by atoms with E-state index in [9.17, 15) is 9.59 Å². The minimum absolute atomic E-state index is 0.282. The third-order valence-corrected chi connectivity index (χ3v) is 4.13. The van der Waals surface area contributed by atoms with Crippen LogP contribution in [0.15, 0.2) is 54.6 Å². The fourth-order valence-corrected chi connectivity index (χ4v) is 2.90. The number of carbonyl (C=O) groups excluding carboxylic acids is 2. The van der Waals surface area contributed by atoms with E-state index in [1.165, 1.54) is 17.4 Å². The van der Waals surface area contributed by atoms with Crippen molar-refractivity contribution in [2.45, 2.75) is 6.42 Å². The molecule has 24 heavy (non-hydrogen) atoms. The van der Waals surface area contributed by atoms with Gasteiger partial charge in [0.05, 0.1) is 0 Å². The average Bonchev–Trinajstić information content (AvgIpc) is 3.02. The topological polar surface area (TPSA) is 98.0 Å². The molecule has 2 amide bonds. The molecule has 0 atom stereocenters. The van der Waals surface area contributed by atoms with E-state index in [-0.39, 0.29) is 11.5 Å². The Hall–Kier alpha value is -3.06. The van der Waals surface area contributed by atoms with Crippen molar-refractivity contribution < 1.29 is 9.59 Å². The van der Waals surface area contributed by atoms with Gasteiger partial charge in [-0.15, -0.1) is 10.2 Å². The van der Waals surface area contributed by atoms with Gasteiger partial charge in [-0.25, -0.2) is 0 Å². The van der Waals surface area contributed by atoms with Crippen LogP contribution in [-0.4, -0.2) is 22.0 Å². The second kappa shape index (κ2) is 7.01. The number of carbonyl (C=O) groups is 2. The maximum absolute atomic E-state index is 12.2. The minimum atomic E-state index is -0.578. The van der Waals surface area contributed by atoms with Crippen LogP contribution < -0.4 is 11.1 Å². The van der Waals surface area contributed by atoms with Crippen LogP contribution in [0.2, 0.25) is 0 Å². The first-order valence-corrected chi connectivity index (χ1v) is 8.01. The first kappa shape index (κ1) is 15.8. The molecule has 0 fully saturated rings. The summed E-state index contributed by atoms with van der Waals surface area (Å²) in [5.74, 6) is -0.939. The standard InChI is InChI=1S/C17H14N4O2S/c18-15(22)12-7-4-8-13(10-12)16(23)19-17-21-20-14(24-17)9-11-5-2-1-3-6-11/h1-8,10H,9H2,(H2,18,22)(H,19,21,23). The van der Waals surface area contributed by atoms with E-state index in [2.05, 4.69) is 15.5 Å². The molecule has 1 heterocycles. The highest BCUT2D eigenvalue weighted by Crippen LogP contribution is 2.19. The van der Waals surface area contributed by atoms with Crippen molar-refractivity contribution in [2.75, 3.05) is 5.32 Å². The van der Waals surface area contributed by atoms with Gasteiger partial charge in [0.15, 0.2) is 0 Å². The fraction of sp³-hybridized carbons (Fsp3) is 0.0588. The summed E-state index contributed by atoms with van der Waals surface area (Å²) in [5, 5.41) is 12.0. The summed E-state index contributed by atoms with van der Waals surface area (Å²) in [7, 11) is 0. The second-order valence-corrected chi connectivity index (χ2v) is 6.12. The zero-order valence-electron chi connectivity index (χ0n) is 12.6. The van der Waals surface area contributed by atoms with E-state index in [0.717, 1.165) is 10.6 Å². The number of primary amides is 1. The van der Waals surface area contributed by atoms with Gasteiger partial charge < -0.3 is 5.73 Å². The number of benzene rings is 2. The molecule has 0 unspecified atom stereocenters. The molecule has 0 saturated carbocycles. The predicted octanol–water partition coefficient (Wildman–Crippen LogP) is 2.48. The lowest BCUT2D eigenvalue weighted by atomic mass is 10.1. The zero-order chi connectivity index (χ0) is 16.9. The van der Waals surface area contributed by atoms with Crippen LogP contribution in [0.25, 0.3) is 0 Å². The van der Waals surface area contributed by atoms with Gasteiger partial charge in [-0.2, -0.15) is 0 Å². The Kier molecular flexibility index (Phi) is 4.62. The number of hydrogen-bond acceptors (Lipinski definition) is 5. The molecule has 120 valence electrons. The Morgan fingerprint density at radius 1 is 1.00 bits per heavy atom. The lowest BCUT2D eigenvalue weighted by Gasteiger charge is -2.02. The van der Waals surface area contributed by atoms with Crippen LogP contribution in [0.4, 0.5) is 5.13 Å². The van der Waals surface area contributed by atoms with Crippen molar-refractivity contribution in [3.63, 3.8) is 0 Å². The Morgan fingerprint density at radius 3 is 2.50 bits per heavy atom. The third kappa shape index (κ3) is 3.82. The zero-order valence-corrected chi connectivity index (χ0v) is 13.4. The van der Waals surface area contributed by atoms with E-state index < -0.39 is 5.91 Å². The second-order valence-electron chi connectivity index (χ2n) is 5.06. The van der Waals surface area contributed by atoms with Crippen LogP contribution >= 0.6 is 11.3 Å². The van der Waals surface area contributed by atoms with E-state index in [1.807, 2.05) is 30.3 Å². The van der Waals surface area contributed by atoms with Gasteiger partial charge in [-0.05, 0) is 23.8 Å². The Labute approximate surface area is 142 Å². The van der Waals surface area contributed by atoms with E-state index in [4.69, 9.17) is 5.73 Å². The lowest BCUT2D eigenvalue weighted by molar-refractivity contribution is 0.1000. The largest absolute Gasteiger partial charge is 0.366 e. The van der Waals surface area contributed by atoms with Crippen molar-refractivity contribution in [2.24, 2.45) is 5.73 Å². The first-order chi connectivity index (χ1) is 11.6. The Morgan fingerprint density at radius 2 is 1.75 bits per heavy atom. The number of nitrogens with two attached hydrogens (primary N) is 1. The minimum Gasteiger partial charge on any atom is -0.366 e. The SMILES string of the molecule is NC(=O)c1cccc(C(=O)Nc2nnc(Cc3ccccc3)s2)c1. The van der Waals surface area contributed by atoms with Crippen LogP contribution in [0.5, 0.6) is 0 Å². The number of anilines is 1. The maximum Gasteiger partial charge on any atom is 0.257 e. The molecule has 1 aromatic heterocycles. The quantitative estimate of drug-likeness (QED) is 0.746. The van der Waals surface area contributed by atoms with Gasteiger partial charge in [-0.3, -0.25) is 14.9 Å². The molecule has 3 N–H and O–H groups in total. The number of nitrogens with one attached hydrogen (secondary N) is 1. The van der Waals surface area contributed by atoms with Gasteiger partial charge in [0.25, 0.3) is 5.91 Å². The highest BCUT2D eigenvalue weighted by molar-refractivity contribution is 7.15. The number of hydrogen-bond donors (Lipinski definition) is 2. The summed E-state index contributed by atoms with van der Waals surface area (Å²) in [6, 6.07) is 16.1. The van der Waals surface area contributed by atoms with E-state index >= 15 is 0 Å². The fourth-order valence-electron chi connectivity index (χ4n) is 2.13. The summed E-state index contributed by atoms with van der Waals surface area (Å²) in [6.07, 6.45) is 0.658. The van der Waals surface area contributed by atoms with Crippen molar-refractivity contribution in [1.29, 1.82) is 0 Å². The molecule has 0 aliphatic heterocycles. The highest BCUT2D eigenvalue weighted by Gasteiger charge is 2.12. The van der Waals surface area contributed by atoms with E-state index in [1.54, 1.807) is 18.2 Å². The Bertz CT molecular complexity index is 877. The smallest absolute Gasteiger partial charge is 0.257 e. The molecule has 3 rings (SSSR count). The van der Waals surface area contributed by atoms with Gasteiger partial charge in [0, 0.05) is 17.5 Å². The third-order valence-electron chi connectivity index (χ3n) is 3.29. The molecular formula is C17H14N4O2S. The molecule has 7 heteroatoms. The highest BCUT2D eigenvalue weighted by atomic mass is 32.1. The maximum atomic E-state index is 12.2. The van der Waals surface area contributed by atoms with Crippen molar-refractivity contribution in [3.8, 4) is 0 Å². The molecule has 0 radical (unpaired) electrons. The molecular weight excluding hydrogens is 324 g/mol. The summed E-state index contributed by atoms with van der Waals surface area (Å²) in [4.78, 5) is 23.4. The summed E-state index contributed by atoms with van der Waals surface area (Å²) in [6.45, 7) is 0. The average molecular weight is 338 g/mol. The number of amides is 2. The molecule has 0 spiro atoms. The first-order valence-electron chi connectivity index (χ1n) is 7.19. The summed E-state index contributed by atoms with van der Waals surface area (Å²) >= 11 is 1.32. The molecule has 3 aromatic rings. The molecule has 0 bridgehead atoms. The monoisotopic (exact) mass is 338 g/mol. The van der Waals surface area contributed by atoms with Gasteiger partial charge >= 0.3 is 0 Å². The normalized spacial score (nSPS) is 10.3. The Balaban J connectivity index is 1.69. The number of nitrogens with zero attached hydrogens (tertiary/aromatic N) is 2. The molecule has 0 aliphatic rings. The number of rotatable bonds is 5. The van der Waals surface area contributed by atoms with Gasteiger partial charge in [-0.1, -0.05) is 47.7 Å². The predicted molar refractivity (Wildman–Crippen MR) is 92.1 cm³/mol. The van der Waals surface area contributed by atoms with Crippen LogP contribution in [0.1, 0.15) is 31.3 Å². The molecule has 2 aromatic carbocycles. The lowest BCUT2D eigenvalue weighted by Crippen LogP contribution is -2.15. The van der Waals surface area contributed by atoms with Crippen molar-refractivity contribution >= 4 is 28.3 Å². The van der Waals surface area contributed by atoms with E-state index in [0.29, 0.717) is 17.1 Å². The van der Waals surface area contributed by atoms with Crippen LogP contribution in [-0.2, 0) is 6.42 Å². The number of aromatic nitrogens is 2.